The lowest BCUT2D eigenvalue weighted by atomic mass is 10.1. The van der Waals surface area contributed by atoms with Gasteiger partial charge in [0.15, 0.2) is 5.78 Å². The fourth-order valence-corrected chi connectivity index (χ4v) is 2.34. The summed E-state index contributed by atoms with van der Waals surface area (Å²) in [7, 11) is 1.89. The zero-order chi connectivity index (χ0) is 14.2. The van der Waals surface area contributed by atoms with Gasteiger partial charge in [0.05, 0.1) is 6.54 Å². The number of aryl methyl sites for hydroxylation is 1. The number of carbonyl (C=O) groups excluding carboxylic acids is 3. The highest BCUT2D eigenvalue weighted by Gasteiger charge is 2.28. The predicted molar refractivity (Wildman–Crippen MR) is 69.8 cm³/mol. The van der Waals surface area contributed by atoms with Gasteiger partial charge in [0.25, 0.3) is 0 Å². The van der Waals surface area contributed by atoms with E-state index in [-0.39, 0.29) is 24.1 Å². The second kappa shape index (κ2) is 4.99. The normalized spacial score (nSPS) is 16.1. The first-order chi connectivity index (χ1) is 8.91. The van der Waals surface area contributed by atoms with E-state index >= 15 is 0 Å². The van der Waals surface area contributed by atoms with Gasteiger partial charge in [0.1, 0.15) is 0 Å². The summed E-state index contributed by atoms with van der Waals surface area (Å²) in [6, 6.07) is 1.80. The fourth-order valence-electron chi connectivity index (χ4n) is 2.34. The quantitative estimate of drug-likeness (QED) is 0.610. The van der Waals surface area contributed by atoms with Crippen molar-refractivity contribution in [2.75, 3.05) is 6.54 Å². The molecule has 2 rings (SSSR count). The number of nitrogens with zero attached hydrogens (tertiary/aromatic N) is 2. The van der Waals surface area contributed by atoms with Gasteiger partial charge in [-0.2, -0.15) is 0 Å². The van der Waals surface area contributed by atoms with Gasteiger partial charge in [0.2, 0.25) is 11.8 Å². The Kier molecular flexibility index (Phi) is 3.55. The van der Waals surface area contributed by atoms with Crippen LogP contribution in [0.3, 0.4) is 0 Å². The number of piperidine rings is 1. The molecular formula is C14H18N2O3. The van der Waals surface area contributed by atoms with Crippen molar-refractivity contribution in [2.24, 2.45) is 7.05 Å². The molecule has 0 radical (unpaired) electrons. The van der Waals surface area contributed by atoms with Crippen LogP contribution in [0.5, 0.6) is 0 Å². The van der Waals surface area contributed by atoms with Gasteiger partial charge in [-0.1, -0.05) is 0 Å². The van der Waals surface area contributed by atoms with E-state index in [4.69, 9.17) is 0 Å². The number of imide groups is 1. The molecule has 0 saturated carbocycles. The van der Waals surface area contributed by atoms with Gasteiger partial charge >= 0.3 is 0 Å². The highest BCUT2D eigenvalue weighted by molar-refractivity contribution is 6.06. The monoisotopic (exact) mass is 262 g/mol. The van der Waals surface area contributed by atoms with E-state index in [2.05, 4.69) is 0 Å². The third-order valence-electron chi connectivity index (χ3n) is 3.76. The number of amides is 2. The lowest BCUT2D eigenvalue weighted by molar-refractivity contribution is -0.147. The number of likely N-dealkylation sites (tertiary alicyclic amines) is 1. The molecule has 5 nitrogen and oxygen atoms in total. The molecule has 0 spiro atoms. The molecule has 2 amide bonds. The summed E-state index contributed by atoms with van der Waals surface area (Å²) in [5.41, 5.74) is 2.43. The van der Waals surface area contributed by atoms with Crippen LogP contribution >= 0.6 is 0 Å². The molecule has 0 N–H and O–H groups in total. The van der Waals surface area contributed by atoms with E-state index < -0.39 is 0 Å². The number of rotatable bonds is 3. The number of Topliss-reactive ketones (excluding diaryl/α,β-unsaturated/α-hetero) is 1. The van der Waals surface area contributed by atoms with E-state index in [0.717, 1.165) is 16.3 Å². The van der Waals surface area contributed by atoms with Crippen LogP contribution in [0.15, 0.2) is 6.07 Å². The molecule has 5 heteroatoms. The largest absolute Gasteiger partial charge is 0.351 e. The van der Waals surface area contributed by atoms with Crippen LogP contribution < -0.4 is 0 Å². The average Bonchev–Trinajstić information content (AvgIpc) is 2.62. The molecule has 19 heavy (non-hydrogen) atoms. The first kappa shape index (κ1) is 13.5. The summed E-state index contributed by atoms with van der Waals surface area (Å²) < 4.78 is 1.92. The Morgan fingerprint density at radius 2 is 1.79 bits per heavy atom. The van der Waals surface area contributed by atoms with Gasteiger partial charge in [-0.15, -0.1) is 0 Å². The lowest BCUT2D eigenvalue weighted by Gasteiger charge is -2.24. The maximum atomic E-state index is 12.2. The number of hydrogen-bond acceptors (Lipinski definition) is 3. The summed E-state index contributed by atoms with van der Waals surface area (Å²) in [5, 5.41) is 0. The second-order valence-corrected chi connectivity index (χ2v) is 4.99. The minimum atomic E-state index is -0.241. The molecule has 1 saturated heterocycles. The summed E-state index contributed by atoms with van der Waals surface area (Å²) in [4.78, 5) is 36.7. The van der Waals surface area contributed by atoms with Crippen molar-refractivity contribution in [3.63, 3.8) is 0 Å². The van der Waals surface area contributed by atoms with Crippen molar-refractivity contribution in [3.8, 4) is 0 Å². The van der Waals surface area contributed by atoms with E-state index in [1.54, 1.807) is 6.07 Å². The van der Waals surface area contributed by atoms with Crippen LogP contribution in [-0.2, 0) is 16.6 Å². The summed E-state index contributed by atoms with van der Waals surface area (Å²) in [6.45, 7) is 3.64. The molecule has 1 aromatic heterocycles. The van der Waals surface area contributed by atoms with Crippen molar-refractivity contribution < 1.29 is 14.4 Å². The molecule has 2 heterocycles. The zero-order valence-electron chi connectivity index (χ0n) is 11.5. The van der Waals surface area contributed by atoms with E-state index in [1.165, 1.54) is 0 Å². The molecule has 0 bridgehead atoms. The molecule has 0 atom stereocenters. The third-order valence-corrected chi connectivity index (χ3v) is 3.76. The van der Waals surface area contributed by atoms with Crippen LogP contribution in [0.1, 0.15) is 41.0 Å². The first-order valence-electron chi connectivity index (χ1n) is 6.41. The molecule has 1 aliphatic heterocycles. The van der Waals surface area contributed by atoms with Crippen LogP contribution in [-0.4, -0.2) is 33.6 Å². The second-order valence-electron chi connectivity index (χ2n) is 4.99. The van der Waals surface area contributed by atoms with Gasteiger partial charge in [0, 0.05) is 36.8 Å². The van der Waals surface area contributed by atoms with Gasteiger partial charge in [-0.25, -0.2) is 0 Å². The third kappa shape index (κ3) is 2.45. The van der Waals surface area contributed by atoms with Gasteiger partial charge in [-0.3, -0.25) is 19.3 Å². The standard InChI is InChI=1S/C14H18N2O3/c1-9-7-11(10(2)15(9)3)12(17)8-16-13(18)5-4-6-14(16)19/h7H,4-6,8H2,1-3H3. The Labute approximate surface area is 112 Å². The molecule has 1 aromatic rings. The van der Waals surface area contributed by atoms with E-state index in [9.17, 15) is 14.4 Å². The molecular weight excluding hydrogens is 244 g/mol. The number of ketones is 1. The first-order valence-corrected chi connectivity index (χ1v) is 6.41. The van der Waals surface area contributed by atoms with Crippen molar-refractivity contribution in [1.29, 1.82) is 0 Å². The highest BCUT2D eigenvalue weighted by Crippen LogP contribution is 2.17. The van der Waals surface area contributed by atoms with Crippen LogP contribution in [0.4, 0.5) is 0 Å². The molecule has 1 aliphatic rings. The van der Waals surface area contributed by atoms with Crippen molar-refractivity contribution in [3.05, 3.63) is 23.0 Å². The summed E-state index contributed by atoms with van der Waals surface area (Å²) >= 11 is 0. The minimum Gasteiger partial charge on any atom is -0.351 e. The fraction of sp³-hybridized carbons (Fsp3) is 0.500. The maximum absolute atomic E-state index is 12.2. The predicted octanol–water partition coefficient (Wildman–Crippen LogP) is 1.36. The van der Waals surface area contributed by atoms with E-state index in [0.29, 0.717) is 24.8 Å². The summed E-state index contributed by atoms with van der Waals surface area (Å²) in [6.07, 6.45) is 1.30. The SMILES string of the molecule is Cc1cc(C(=O)CN2C(=O)CCCC2=O)c(C)n1C. The Bertz CT molecular complexity index is 541. The Morgan fingerprint density at radius 3 is 2.26 bits per heavy atom. The maximum Gasteiger partial charge on any atom is 0.229 e. The average molecular weight is 262 g/mol. The topological polar surface area (TPSA) is 59.4 Å². The molecule has 102 valence electrons. The van der Waals surface area contributed by atoms with Crippen LogP contribution in [0.25, 0.3) is 0 Å². The Morgan fingerprint density at radius 1 is 1.21 bits per heavy atom. The van der Waals surface area contributed by atoms with Crippen molar-refractivity contribution in [2.45, 2.75) is 33.1 Å². The van der Waals surface area contributed by atoms with Gasteiger partial charge in [-0.05, 0) is 26.3 Å². The molecule has 1 fully saturated rings. The summed E-state index contributed by atoms with van der Waals surface area (Å²) in [5.74, 6) is -0.658. The van der Waals surface area contributed by atoms with Crippen molar-refractivity contribution in [1.82, 2.24) is 9.47 Å². The lowest BCUT2D eigenvalue weighted by Crippen LogP contribution is -2.43. The number of aromatic nitrogens is 1. The van der Waals surface area contributed by atoms with E-state index in [1.807, 2.05) is 25.5 Å². The minimum absolute atomic E-state index is 0.137. The van der Waals surface area contributed by atoms with Crippen LogP contribution in [0, 0.1) is 13.8 Å². The molecule has 0 aliphatic carbocycles. The molecule has 0 aromatic carbocycles. The Hall–Kier alpha value is -1.91. The van der Waals surface area contributed by atoms with Crippen LogP contribution in [0.2, 0.25) is 0 Å². The highest BCUT2D eigenvalue weighted by atomic mass is 16.2. The number of carbonyl (C=O) groups is 3. The van der Waals surface area contributed by atoms with Gasteiger partial charge < -0.3 is 4.57 Å². The zero-order valence-corrected chi connectivity index (χ0v) is 11.5. The Balaban J connectivity index is 2.18. The molecule has 0 unspecified atom stereocenters. The smallest absolute Gasteiger partial charge is 0.229 e. The van der Waals surface area contributed by atoms with Crippen molar-refractivity contribution >= 4 is 17.6 Å². The number of hydrogen-bond donors (Lipinski definition) is 0.